The van der Waals surface area contributed by atoms with Gasteiger partial charge in [0.25, 0.3) is 0 Å². The van der Waals surface area contributed by atoms with E-state index in [4.69, 9.17) is 0 Å². The van der Waals surface area contributed by atoms with Crippen LogP contribution in [0.25, 0.3) is 0 Å². The topological polar surface area (TPSA) is 37.3 Å². The second kappa shape index (κ2) is 3.93. The van der Waals surface area contributed by atoms with E-state index in [0.717, 1.165) is 5.56 Å². The molecule has 76 valence electrons. The molecule has 0 heterocycles. The lowest BCUT2D eigenvalue weighted by Gasteiger charge is -2.27. The summed E-state index contributed by atoms with van der Waals surface area (Å²) in [6.07, 6.45) is -0.735. The minimum absolute atomic E-state index is 0.00569. The quantitative estimate of drug-likeness (QED) is 0.798. The van der Waals surface area contributed by atoms with Gasteiger partial charge in [-0.3, -0.25) is 4.79 Å². The third-order valence-electron chi connectivity index (χ3n) is 2.71. The molecule has 0 saturated carbocycles. The van der Waals surface area contributed by atoms with Crippen molar-refractivity contribution >= 4 is 5.78 Å². The summed E-state index contributed by atoms with van der Waals surface area (Å²) in [5.41, 5.74) is 0.0640. The van der Waals surface area contributed by atoms with Crippen LogP contribution >= 0.6 is 0 Å². The first kappa shape index (κ1) is 10.9. The zero-order valence-electron chi connectivity index (χ0n) is 8.82. The second-order valence-electron chi connectivity index (χ2n) is 4.09. The van der Waals surface area contributed by atoms with E-state index in [0.29, 0.717) is 0 Å². The summed E-state index contributed by atoms with van der Waals surface area (Å²) in [5.74, 6) is -0.00569. The Morgan fingerprint density at radius 2 is 1.79 bits per heavy atom. The molecule has 0 aliphatic carbocycles. The Labute approximate surface area is 84.6 Å². The van der Waals surface area contributed by atoms with Crippen LogP contribution in [0.1, 0.15) is 32.4 Å². The molecule has 1 aromatic carbocycles. The first-order valence-corrected chi connectivity index (χ1v) is 4.70. The van der Waals surface area contributed by atoms with Crippen molar-refractivity contribution in [3.8, 4) is 0 Å². The maximum absolute atomic E-state index is 11.3. The molecule has 1 aromatic rings. The van der Waals surface area contributed by atoms with Crippen molar-refractivity contribution in [3.05, 3.63) is 35.9 Å². The first-order valence-electron chi connectivity index (χ1n) is 4.70. The maximum Gasteiger partial charge on any atom is 0.138 e. The van der Waals surface area contributed by atoms with Gasteiger partial charge in [0.15, 0.2) is 0 Å². The van der Waals surface area contributed by atoms with Crippen molar-refractivity contribution in [2.45, 2.75) is 26.9 Å². The van der Waals surface area contributed by atoms with Gasteiger partial charge in [-0.1, -0.05) is 44.2 Å². The van der Waals surface area contributed by atoms with Crippen LogP contribution in [0.5, 0.6) is 0 Å². The molecule has 1 rings (SSSR count). The van der Waals surface area contributed by atoms with E-state index >= 15 is 0 Å². The molecule has 0 radical (unpaired) electrons. The molecule has 14 heavy (non-hydrogen) atoms. The predicted molar refractivity (Wildman–Crippen MR) is 55.9 cm³/mol. The minimum atomic E-state index is -0.735. The van der Waals surface area contributed by atoms with Gasteiger partial charge in [-0.25, -0.2) is 0 Å². The van der Waals surface area contributed by atoms with Gasteiger partial charge in [-0.05, 0) is 12.5 Å². The Bertz CT molecular complexity index is 314. The van der Waals surface area contributed by atoms with Crippen LogP contribution in [0.3, 0.4) is 0 Å². The summed E-state index contributed by atoms with van der Waals surface area (Å²) in [5, 5.41) is 10.00. The standard InChI is InChI=1S/C12H16O2/c1-9(13)12(2,3)11(14)10-7-5-4-6-8-10/h4-8,11,14H,1-3H3/t11-/m1/s1. The Hall–Kier alpha value is -1.15. The Morgan fingerprint density at radius 3 is 2.21 bits per heavy atom. The Kier molecular flexibility index (Phi) is 3.06. The zero-order chi connectivity index (χ0) is 10.8. The van der Waals surface area contributed by atoms with Gasteiger partial charge in [0, 0.05) is 0 Å². The van der Waals surface area contributed by atoms with Crippen molar-refractivity contribution < 1.29 is 9.90 Å². The highest BCUT2D eigenvalue weighted by Gasteiger charge is 2.33. The highest BCUT2D eigenvalue weighted by atomic mass is 16.3. The lowest BCUT2D eigenvalue weighted by atomic mass is 9.79. The summed E-state index contributed by atoms with van der Waals surface area (Å²) in [7, 11) is 0. The average Bonchev–Trinajstić information content (AvgIpc) is 2.17. The van der Waals surface area contributed by atoms with E-state index in [1.54, 1.807) is 13.8 Å². The van der Waals surface area contributed by atoms with Crippen LogP contribution in [0, 0.1) is 5.41 Å². The summed E-state index contributed by atoms with van der Waals surface area (Å²) < 4.78 is 0. The average molecular weight is 192 g/mol. The summed E-state index contributed by atoms with van der Waals surface area (Å²) >= 11 is 0. The number of rotatable bonds is 3. The van der Waals surface area contributed by atoms with Crippen molar-refractivity contribution in [1.29, 1.82) is 0 Å². The van der Waals surface area contributed by atoms with Crippen LogP contribution in [0.4, 0.5) is 0 Å². The van der Waals surface area contributed by atoms with Crippen molar-refractivity contribution in [2.75, 3.05) is 0 Å². The maximum atomic E-state index is 11.3. The van der Waals surface area contributed by atoms with E-state index in [1.807, 2.05) is 30.3 Å². The fourth-order valence-corrected chi connectivity index (χ4v) is 1.24. The Morgan fingerprint density at radius 1 is 1.29 bits per heavy atom. The molecule has 0 bridgehead atoms. The molecule has 0 saturated heterocycles. The van der Waals surface area contributed by atoms with Gasteiger partial charge in [-0.15, -0.1) is 0 Å². The number of hydrogen-bond acceptors (Lipinski definition) is 2. The first-order chi connectivity index (χ1) is 6.46. The van der Waals surface area contributed by atoms with Crippen LogP contribution in [-0.2, 0) is 4.79 Å². The number of carbonyl (C=O) groups is 1. The van der Waals surface area contributed by atoms with Crippen molar-refractivity contribution in [2.24, 2.45) is 5.41 Å². The molecule has 2 heteroatoms. The van der Waals surface area contributed by atoms with Crippen LogP contribution in [0.15, 0.2) is 30.3 Å². The van der Waals surface area contributed by atoms with Crippen LogP contribution in [0.2, 0.25) is 0 Å². The third kappa shape index (κ3) is 2.02. The molecule has 0 aromatic heterocycles. The fourth-order valence-electron chi connectivity index (χ4n) is 1.24. The number of benzene rings is 1. The monoisotopic (exact) mass is 192 g/mol. The lowest BCUT2D eigenvalue weighted by molar-refractivity contribution is -0.131. The number of Topliss-reactive ketones (excluding diaryl/α,β-unsaturated/α-hetero) is 1. The van der Waals surface area contributed by atoms with Crippen LogP contribution in [-0.4, -0.2) is 10.9 Å². The molecule has 1 N–H and O–H groups in total. The number of aliphatic hydroxyl groups excluding tert-OH is 1. The van der Waals surface area contributed by atoms with Gasteiger partial charge >= 0.3 is 0 Å². The molecule has 0 spiro atoms. The predicted octanol–water partition coefficient (Wildman–Crippen LogP) is 2.34. The smallest absolute Gasteiger partial charge is 0.138 e. The normalized spacial score (nSPS) is 13.7. The largest absolute Gasteiger partial charge is 0.387 e. The second-order valence-corrected chi connectivity index (χ2v) is 4.09. The summed E-state index contributed by atoms with van der Waals surface area (Å²) in [6.45, 7) is 5.02. The van der Waals surface area contributed by atoms with E-state index in [1.165, 1.54) is 6.92 Å². The van der Waals surface area contributed by atoms with Gasteiger partial charge in [-0.2, -0.15) is 0 Å². The van der Waals surface area contributed by atoms with Crippen LogP contribution < -0.4 is 0 Å². The molecule has 0 unspecified atom stereocenters. The number of carbonyl (C=O) groups excluding carboxylic acids is 1. The van der Waals surface area contributed by atoms with E-state index < -0.39 is 11.5 Å². The van der Waals surface area contributed by atoms with Gasteiger partial charge in [0.2, 0.25) is 0 Å². The molecule has 0 fully saturated rings. The highest BCUT2D eigenvalue weighted by molar-refractivity contribution is 5.82. The molecule has 0 aliphatic heterocycles. The fraction of sp³-hybridized carbons (Fsp3) is 0.417. The highest BCUT2D eigenvalue weighted by Crippen LogP contribution is 2.33. The number of hydrogen-bond donors (Lipinski definition) is 1. The third-order valence-corrected chi connectivity index (χ3v) is 2.71. The van der Waals surface area contributed by atoms with E-state index in [9.17, 15) is 9.90 Å². The zero-order valence-corrected chi connectivity index (χ0v) is 8.82. The van der Waals surface area contributed by atoms with Gasteiger partial charge in [0.1, 0.15) is 5.78 Å². The van der Waals surface area contributed by atoms with E-state index in [-0.39, 0.29) is 5.78 Å². The minimum Gasteiger partial charge on any atom is -0.387 e. The summed E-state index contributed by atoms with van der Waals surface area (Å²) in [4.78, 5) is 11.3. The summed E-state index contributed by atoms with van der Waals surface area (Å²) in [6, 6.07) is 9.26. The van der Waals surface area contributed by atoms with E-state index in [2.05, 4.69) is 0 Å². The molecule has 1 atom stereocenters. The van der Waals surface area contributed by atoms with Crippen molar-refractivity contribution in [1.82, 2.24) is 0 Å². The van der Waals surface area contributed by atoms with Gasteiger partial charge in [0.05, 0.1) is 11.5 Å². The van der Waals surface area contributed by atoms with Crippen molar-refractivity contribution in [3.63, 3.8) is 0 Å². The molecular formula is C12H16O2. The molecule has 0 aliphatic rings. The number of ketones is 1. The Balaban J connectivity index is 2.96. The molecule has 2 nitrogen and oxygen atoms in total. The van der Waals surface area contributed by atoms with Gasteiger partial charge < -0.3 is 5.11 Å². The lowest BCUT2D eigenvalue weighted by Crippen LogP contribution is -2.29. The SMILES string of the molecule is CC(=O)C(C)(C)[C@H](O)c1ccccc1. The molecule has 0 amide bonds. The number of aliphatic hydroxyl groups is 1. The molecular weight excluding hydrogens is 176 g/mol.